The number of nitrogens with one attached hydrogen (secondary N) is 1. The largest absolute Gasteiger partial charge is 0.371 e. The summed E-state index contributed by atoms with van der Waals surface area (Å²) >= 11 is 0. The van der Waals surface area contributed by atoms with Gasteiger partial charge in [0.15, 0.2) is 5.78 Å². The third-order valence-corrected chi connectivity index (χ3v) is 4.68. The molecule has 3 rings (SSSR count). The molecule has 1 N–H and O–H groups in total. The number of nitrogens with zero attached hydrogens (tertiary/aromatic N) is 2. The summed E-state index contributed by atoms with van der Waals surface area (Å²) in [5, 5.41) is 13.9. The molecule has 7 nitrogen and oxygen atoms in total. The maximum atomic E-state index is 12.8. The molecule has 140 valence electrons. The van der Waals surface area contributed by atoms with Crippen LogP contribution in [0.1, 0.15) is 46.9 Å². The molecule has 1 heterocycles. The van der Waals surface area contributed by atoms with E-state index >= 15 is 0 Å². The third-order valence-electron chi connectivity index (χ3n) is 4.68. The van der Waals surface area contributed by atoms with Crippen LogP contribution in [0.5, 0.6) is 0 Å². The maximum Gasteiger partial charge on any atom is 0.270 e. The van der Waals surface area contributed by atoms with E-state index in [2.05, 4.69) is 10.2 Å². The molecule has 0 aliphatic carbocycles. The molecule has 0 saturated carbocycles. The number of nitro groups is 1. The summed E-state index contributed by atoms with van der Waals surface area (Å²) in [5.74, 6) is -0.464. The summed E-state index contributed by atoms with van der Waals surface area (Å²) < 4.78 is 0. The van der Waals surface area contributed by atoms with Gasteiger partial charge < -0.3 is 10.2 Å². The van der Waals surface area contributed by atoms with E-state index in [1.807, 2.05) is 0 Å². The average molecular weight is 367 g/mol. The number of anilines is 2. The Hall–Kier alpha value is -3.22. The van der Waals surface area contributed by atoms with Crippen LogP contribution in [0.25, 0.3) is 0 Å². The lowest BCUT2D eigenvalue weighted by Crippen LogP contribution is -2.31. The number of hydrogen-bond donors (Lipinski definition) is 1. The van der Waals surface area contributed by atoms with Gasteiger partial charge in [-0.25, -0.2) is 0 Å². The molecule has 0 bridgehead atoms. The Kier molecular flexibility index (Phi) is 5.49. The van der Waals surface area contributed by atoms with Crippen molar-refractivity contribution in [3.63, 3.8) is 0 Å². The first kappa shape index (κ1) is 18.6. The van der Waals surface area contributed by atoms with Gasteiger partial charge in [-0.1, -0.05) is 0 Å². The van der Waals surface area contributed by atoms with Crippen molar-refractivity contribution in [1.29, 1.82) is 0 Å². The molecular formula is C20H21N3O4. The number of Topliss-reactive ketones (excluding diaryl/α,β-unsaturated/α-hetero) is 1. The Balaban J connectivity index is 1.89. The van der Waals surface area contributed by atoms with Gasteiger partial charge in [0.25, 0.3) is 11.6 Å². The number of nitro benzene ring substituents is 1. The number of amides is 1. The number of carbonyl (C=O) groups is 2. The second-order valence-electron chi connectivity index (χ2n) is 6.59. The van der Waals surface area contributed by atoms with E-state index < -0.39 is 10.8 Å². The molecule has 2 aromatic rings. The highest BCUT2D eigenvalue weighted by atomic mass is 16.6. The Bertz CT molecular complexity index is 871. The summed E-state index contributed by atoms with van der Waals surface area (Å²) in [6, 6.07) is 11.0. The lowest BCUT2D eigenvalue weighted by atomic mass is 10.1. The number of benzene rings is 2. The van der Waals surface area contributed by atoms with Crippen LogP contribution >= 0.6 is 0 Å². The van der Waals surface area contributed by atoms with E-state index in [1.165, 1.54) is 19.1 Å². The molecule has 0 atom stereocenters. The molecular weight excluding hydrogens is 346 g/mol. The van der Waals surface area contributed by atoms with Crippen molar-refractivity contribution in [3.8, 4) is 0 Å². The third kappa shape index (κ3) is 4.31. The van der Waals surface area contributed by atoms with Crippen molar-refractivity contribution >= 4 is 28.8 Å². The van der Waals surface area contributed by atoms with Gasteiger partial charge in [-0.2, -0.15) is 0 Å². The first-order valence-corrected chi connectivity index (χ1v) is 8.91. The fourth-order valence-corrected chi connectivity index (χ4v) is 3.22. The van der Waals surface area contributed by atoms with Gasteiger partial charge in [-0.3, -0.25) is 19.7 Å². The molecule has 1 amide bonds. The zero-order valence-electron chi connectivity index (χ0n) is 15.1. The van der Waals surface area contributed by atoms with E-state index in [0.29, 0.717) is 16.9 Å². The predicted molar refractivity (Wildman–Crippen MR) is 104 cm³/mol. The number of carbonyl (C=O) groups excluding carboxylic acids is 2. The van der Waals surface area contributed by atoms with Gasteiger partial charge in [0.05, 0.1) is 16.2 Å². The number of hydrogen-bond acceptors (Lipinski definition) is 5. The number of piperidine rings is 1. The zero-order valence-corrected chi connectivity index (χ0v) is 15.1. The number of non-ortho nitro benzene ring substituents is 1. The minimum absolute atomic E-state index is 0.0565. The lowest BCUT2D eigenvalue weighted by molar-refractivity contribution is -0.384. The number of rotatable bonds is 5. The zero-order chi connectivity index (χ0) is 19.4. The second kappa shape index (κ2) is 7.99. The van der Waals surface area contributed by atoms with Crippen LogP contribution in [0.4, 0.5) is 17.1 Å². The number of ketones is 1. The van der Waals surface area contributed by atoms with Crippen LogP contribution in [-0.2, 0) is 0 Å². The van der Waals surface area contributed by atoms with Crippen LogP contribution in [0.15, 0.2) is 42.5 Å². The monoisotopic (exact) mass is 367 g/mol. The van der Waals surface area contributed by atoms with Crippen LogP contribution < -0.4 is 10.2 Å². The van der Waals surface area contributed by atoms with Crippen LogP contribution in [-0.4, -0.2) is 29.7 Å². The SMILES string of the molecule is CC(=O)c1ccc(NC(=O)c2cc([N+](=O)[O-])ccc2N2CCCCC2)cc1. The molecule has 27 heavy (non-hydrogen) atoms. The molecule has 1 aliphatic rings. The normalized spacial score (nSPS) is 13.9. The van der Waals surface area contributed by atoms with E-state index in [1.54, 1.807) is 30.3 Å². The molecule has 0 radical (unpaired) electrons. The highest BCUT2D eigenvalue weighted by molar-refractivity contribution is 6.08. The van der Waals surface area contributed by atoms with Crippen LogP contribution in [0, 0.1) is 10.1 Å². The highest BCUT2D eigenvalue weighted by Crippen LogP contribution is 2.29. The van der Waals surface area contributed by atoms with E-state index in [4.69, 9.17) is 0 Å². The molecule has 1 saturated heterocycles. The standard InChI is InChI=1S/C20H21N3O4/c1-14(24)15-5-7-16(8-6-15)21-20(25)18-13-17(23(26)27)9-10-19(18)22-11-3-2-4-12-22/h5-10,13H,2-4,11-12H2,1H3,(H,21,25). The maximum absolute atomic E-state index is 12.8. The molecule has 0 aromatic heterocycles. The van der Waals surface area contributed by atoms with Crippen LogP contribution in [0.3, 0.4) is 0 Å². The molecule has 2 aromatic carbocycles. The molecule has 0 spiro atoms. The van der Waals surface area contributed by atoms with Crippen molar-refractivity contribution in [2.45, 2.75) is 26.2 Å². The van der Waals surface area contributed by atoms with Gasteiger partial charge in [-0.05, 0) is 56.5 Å². The van der Waals surface area contributed by atoms with Crippen molar-refractivity contribution in [1.82, 2.24) is 0 Å². The quantitative estimate of drug-likeness (QED) is 0.489. The van der Waals surface area contributed by atoms with Gasteiger partial charge >= 0.3 is 0 Å². The average Bonchev–Trinajstić information content (AvgIpc) is 2.68. The van der Waals surface area contributed by atoms with Crippen LogP contribution in [0.2, 0.25) is 0 Å². The Morgan fingerprint density at radius 2 is 1.70 bits per heavy atom. The highest BCUT2D eigenvalue weighted by Gasteiger charge is 2.22. The first-order valence-electron chi connectivity index (χ1n) is 8.91. The molecule has 1 aliphatic heterocycles. The Morgan fingerprint density at radius 1 is 1.04 bits per heavy atom. The molecule has 0 unspecified atom stereocenters. The van der Waals surface area contributed by atoms with Gasteiger partial charge in [0.1, 0.15) is 0 Å². The van der Waals surface area contributed by atoms with Crippen molar-refractivity contribution in [2.24, 2.45) is 0 Å². The summed E-state index contributed by atoms with van der Waals surface area (Å²) in [6.07, 6.45) is 3.21. The smallest absolute Gasteiger partial charge is 0.270 e. The first-order chi connectivity index (χ1) is 13.0. The summed E-state index contributed by atoms with van der Waals surface area (Å²) in [5.41, 5.74) is 1.95. The van der Waals surface area contributed by atoms with Gasteiger partial charge in [0, 0.05) is 36.5 Å². The Labute approximate surface area is 157 Å². The van der Waals surface area contributed by atoms with Gasteiger partial charge in [0.2, 0.25) is 0 Å². The van der Waals surface area contributed by atoms with E-state index in [-0.39, 0.29) is 17.0 Å². The minimum Gasteiger partial charge on any atom is -0.371 e. The fraction of sp³-hybridized carbons (Fsp3) is 0.300. The van der Waals surface area contributed by atoms with Crippen molar-refractivity contribution < 1.29 is 14.5 Å². The summed E-state index contributed by atoms with van der Waals surface area (Å²) in [6.45, 7) is 3.12. The second-order valence-corrected chi connectivity index (χ2v) is 6.59. The fourth-order valence-electron chi connectivity index (χ4n) is 3.22. The Morgan fingerprint density at radius 3 is 2.30 bits per heavy atom. The topological polar surface area (TPSA) is 92.5 Å². The van der Waals surface area contributed by atoms with E-state index in [9.17, 15) is 19.7 Å². The van der Waals surface area contributed by atoms with Crippen molar-refractivity contribution in [2.75, 3.05) is 23.3 Å². The minimum atomic E-state index is -0.502. The van der Waals surface area contributed by atoms with Crippen molar-refractivity contribution in [3.05, 3.63) is 63.7 Å². The summed E-state index contributed by atoms with van der Waals surface area (Å²) in [7, 11) is 0. The summed E-state index contributed by atoms with van der Waals surface area (Å²) in [4.78, 5) is 37.0. The van der Waals surface area contributed by atoms with Gasteiger partial charge in [-0.15, -0.1) is 0 Å². The molecule has 1 fully saturated rings. The molecule has 7 heteroatoms. The van der Waals surface area contributed by atoms with E-state index in [0.717, 1.165) is 32.4 Å². The lowest BCUT2D eigenvalue weighted by Gasteiger charge is -2.30. The predicted octanol–water partition coefficient (Wildman–Crippen LogP) is 4.04.